The predicted molar refractivity (Wildman–Crippen MR) is 109 cm³/mol. The Kier molecular flexibility index (Phi) is 5.72. The number of aromatic nitrogens is 2. The average Bonchev–Trinajstić information content (AvgIpc) is 2.99. The van der Waals surface area contributed by atoms with Crippen molar-refractivity contribution in [2.75, 3.05) is 7.11 Å². The van der Waals surface area contributed by atoms with Gasteiger partial charge in [0.2, 0.25) is 0 Å². The summed E-state index contributed by atoms with van der Waals surface area (Å²) >= 11 is 8.32. The number of para-hydroxylation sites is 1. The number of rotatable bonds is 5. The summed E-state index contributed by atoms with van der Waals surface area (Å²) in [6, 6.07) is 9.66. The molecule has 0 saturated heterocycles. The van der Waals surface area contributed by atoms with Gasteiger partial charge >= 0.3 is 0 Å². The van der Waals surface area contributed by atoms with Crippen LogP contribution in [0.2, 0.25) is 0 Å². The lowest BCUT2D eigenvalue weighted by Gasteiger charge is -2.10. The van der Waals surface area contributed by atoms with Crippen molar-refractivity contribution in [1.82, 2.24) is 15.3 Å². The molecule has 3 rings (SSSR count). The van der Waals surface area contributed by atoms with Gasteiger partial charge < -0.3 is 15.0 Å². The van der Waals surface area contributed by atoms with Crippen LogP contribution in [0.5, 0.6) is 5.75 Å². The molecule has 0 unspecified atom stereocenters. The van der Waals surface area contributed by atoms with Gasteiger partial charge in [-0.25, -0.2) is 4.98 Å². The van der Waals surface area contributed by atoms with E-state index < -0.39 is 0 Å². The van der Waals surface area contributed by atoms with E-state index in [-0.39, 0.29) is 5.56 Å². The van der Waals surface area contributed by atoms with Crippen LogP contribution in [0.1, 0.15) is 16.3 Å². The molecule has 0 saturated carbocycles. The van der Waals surface area contributed by atoms with E-state index in [0.29, 0.717) is 27.8 Å². The number of thioether (sulfide) groups is 1. The molecule has 0 aliphatic heterocycles. The van der Waals surface area contributed by atoms with Crippen molar-refractivity contribution in [3.05, 3.63) is 57.0 Å². The molecule has 2 heterocycles. The number of nitrogens with zero attached hydrogens (tertiary/aromatic N) is 1. The Balaban J connectivity index is 1.60. The minimum atomic E-state index is -0.0992. The van der Waals surface area contributed by atoms with Gasteiger partial charge in [-0.2, -0.15) is 0 Å². The second-order valence-corrected chi connectivity index (χ2v) is 8.22. The highest BCUT2D eigenvalue weighted by Crippen LogP contribution is 2.21. The molecule has 0 bridgehead atoms. The van der Waals surface area contributed by atoms with Gasteiger partial charge in [0.1, 0.15) is 20.7 Å². The summed E-state index contributed by atoms with van der Waals surface area (Å²) in [5, 5.41) is 3.84. The molecule has 0 atom stereocenters. The standard InChI is InChI=1S/C17H17N3O2S3/c1-10-7-12-15(21)19-14(20-16(12)25-10)9-24-17(23)18-8-11-5-3-4-6-13(11)22-2/h3-7H,8-9H2,1-2H3,(H,18,23)(H,19,20,21). The fourth-order valence-corrected chi connectivity index (χ4v) is 4.09. The molecule has 0 fully saturated rings. The first-order valence-electron chi connectivity index (χ1n) is 7.58. The molecular formula is C17H17N3O2S3. The highest BCUT2D eigenvalue weighted by Gasteiger charge is 2.09. The first-order valence-corrected chi connectivity index (χ1v) is 9.79. The number of hydrogen-bond acceptors (Lipinski definition) is 6. The first kappa shape index (κ1) is 17.9. The van der Waals surface area contributed by atoms with Crippen LogP contribution in [-0.2, 0) is 12.3 Å². The summed E-state index contributed by atoms with van der Waals surface area (Å²) in [5.41, 5.74) is 0.938. The normalized spacial score (nSPS) is 10.8. The fourth-order valence-electron chi connectivity index (χ4n) is 2.37. The molecule has 0 spiro atoms. The zero-order valence-corrected chi connectivity index (χ0v) is 16.2. The Labute approximate surface area is 158 Å². The Bertz CT molecular complexity index is 965. The topological polar surface area (TPSA) is 67.0 Å². The molecule has 0 amide bonds. The van der Waals surface area contributed by atoms with Crippen LogP contribution in [0.25, 0.3) is 10.2 Å². The molecule has 130 valence electrons. The number of benzene rings is 1. The Morgan fingerprint density at radius 2 is 2.24 bits per heavy atom. The third-order valence-corrected chi connectivity index (χ3v) is 5.80. The SMILES string of the molecule is COc1ccccc1CNC(=S)SCc1nc2sc(C)cc2c(=O)[nH]1. The van der Waals surface area contributed by atoms with E-state index >= 15 is 0 Å². The number of aromatic amines is 1. The maximum absolute atomic E-state index is 12.1. The second-order valence-electron chi connectivity index (χ2n) is 5.33. The molecule has 0 aliphatic carbocycles. The summed E-state index contributed by atoms with van der Waals surface area (Å²) in [6.07, 6.45) is 0. The molecule has 1 aromatic carbocycles. The minimum Gasteiger partial charge on any atom is -0.496 e. The number of aryl methyl sites for hydroxylation is 1. The zero-order valence-electron chi connectivity index (χ0n) is 13.8. The molecule has 3 aromatic rings. The van der Waals surface area contributed by atoms with Crippen LogP contribution in [0, 0.1) is 6.92 Å². The minimum absolute atomic E-state index is 0.0992. The highest BCUT2D eigenvalue weighted by molar-refractivity contribution is 8.22. The predicted octanol–water partition coefficient (Wildman–Crippen LogP) is 3.61. The van der Waals surface area contributed by atoms with E-state index in [1.54, 1.807) is 7.11 Å². The summed E-state index contributed by atoms with van der Waals surface area (Å²) in [6.45, 7) is 2.56. The monoisotopic (exact) mass is 391 g/mol. The lowest BCUT2D eigenvalue weighted by atomic mass is 10.2. The number of hydrogen-bond donors (Lipinski definition) is 2. The lowest BCUT2D eigenvalue weighted by Crippen LogP contribution is -2.19. The summed E-state index contributed by atoms with van der Waals surface area (Å²) in [5.74, 6) is 1.97. The van der Waals surface area contributed by atoms with Crippen molar-refractivity contribution in [2.45, 2.75) is 19.2 Å². The largest absolute Gasteiger partial charge is 0.496 e. The van der Waals surface area contributed by atoms with Gasteiger partial charge in [-0.3, -0.25) is 4.79 Å². The second kappa shape index (κ2) is 7.99. The van der Waals surface area contributed by atoms with Gasteiger partial charge in [0.05, 0.1) is 18.2 Å². The number of H-pyrrole nitrogens is 1. The Hall–Kier alpha value is -1.90. The van der Waals surface area contributed by atoms with Crippen molar-refractivity contribution in [1.29, 1.82) is 0 Å². The highest BCUT2D eigenvalue weighted by atomic mass is 32.2. The Morgan fingerprint density at radius 1 is 1.44 bits per heavy atom. The summed E-state index contributed by atoms with van der Waals surface area (Å²) < 4.78 is 5.97. The average molecular weight is 392 g/mol. The zero-order chi connectivity index (χ0) is 17.8. The quantitative estimate of drug-likeness (QED) is 0.648. The van der Waals surface area contributed by atoms with Crippen molar-refractivity contribution < 1.29 is 4.74 Å². The van der Waals surface area contributed by atoms with E-state index in [9.17, 15) is 4.79 Å². The molecule has 0 aliphatic rings. The summed E-state index contributed by atoms with van der Waals surface area (Å²) in [4.78, 5) is 21.3. The van der Waals surface area contributed by atoms with Gasteiger partial charge in [0.25, 0.3) is 5.56 Å². The molecule has 0 radical (unpaired) electrons. The fraction of sp³-hybridized carbons (Fsp3) is 0.235. The van der Waals surface area contributed by atoms with Crippen LogP contribution in [0.4, 0.5) is 0 Å². The lowest BCUT2D eigenvalue weighted by molar-refractivity contribution is 0.409. The Morgan fingerprint density at radius 3 is 3.04 bits per heavy atom. The molecule has 25 heavy (non-hydrogen) atoms. The van der Waals surface area contributed by atoms with Crippen LogP contribution in [-0.4, -0.2) is 21.4 Å². The number of nitrogens with one attached hydrogen (secondary N) is 2. The number of thiophene rings is 1. The molecule has 5 nitrogen and oxygen atoms in total. The molecular weight excluding hydrogens is 374 g/mol. The van der Waals surface area contributed by atoms with Gasteiger partial charge in [0.15, 0.2) is 0 Å². The van der Waals surface area contributed by atoms with Crippen molar-refractivity contribution >= 4 is 49.9 Å². The third-order valence-electron chi connectivity index (χ3n) is 3.53. The van der Waals surface area contributed by atoms with Crippen LogP contribution in [0.3, 0.4) is 0 Å². The van der Waals surface area contributed by atoms with Crippen LogP contribution in [0.15, 0.2) is 35.1 Å². The van der Waals surface area contributed by atoms with Gasteiger partial charge in [-0.05, 0) is 19.1 Å². The number of thiocarbonyl (C=S) groups is 1. The number of methoxy groups -OCH3 is 1. The van der Waals surface area contributed by atoms with Crippen LogP contribution < -0.4 is 15.6 Å². The van der Waals surface area contributed by atoms with Crippen molar-refractivity contribution in [3.8, 4) is 5.75 Å². The summed E-state index contributed by atoms with van der Waals surface area (Å²) in [7, 11) is 1.65. The van der Waals surface area contributed by atoms with Gasteiger partial charge in [-0.1, -0.05) is 42.2 Å². The van der Waals surface area contributed by atoms with Gasteiger partial charge in [-0.15, -0.1) is 11.3 Å². The third kappa shape index (κ3) is 4.39. The molecule has 2 aromatic heterocycles. The maximum Gasteiger partial charge on any atom is 0.259 e. The first-order chi connectivity index (χ1) is 12.1. The van der Waals surface area contributed by atoms with Crippen LogP contribution >= 0.6 is 35.3 Å². The van der Waals surface area contributed by atoms with E-state index in [2.05, 4.69) is 15.3 Å². The molecule has 8 heteroatoms. The molecule has 2 N–H and O–H groups in total. The van der Waals surface area contributed by atoms with Gasteiger partial charge in [0, 0.05) is 17.0 Å². The number of fused-ring (bicyclic) bond motifs is 1. The van der Waals surface area contributed by atoms with E-state index in [4.69, 9.17) is 17.0 Å². The number of ether oxygens (including phenoxy) is 1. The van der Waals surface area contributed by atoms with Crippen molar-refractivity contribution in [2.24, 2.45) is 0 Å². The van der Waals surface area contributed by atoms with E-state index in [1.807, 2.05) is 37.3 Å². The van der Waals surface area contributed by atoms with E-state index in [1.165, 1.54) is 23.1 Å². The van der Waals surface area contributed by atoms with Crippen molar-refractivity contribution in [3.63, 3.8) is 0 Å². The van der Waals surface area contributed by atoms with E-state index in [0.717, 1.165) is 21.0 Å². The maximum atomic E-state index is 12.1. The smallest absolute Gasteiger partial charge is 0.259 e.